The predicted octanol–water partition coefficient (Wildman–Crippen LogP) is 5.17. The van der Waals surface area contributed by atoms with Crippen molar-refractivity contribution >= 4 is 38.3 Å². The Labute approximate surface area is 175 Å². The van der Waals surface area contributed by atoms with Gasteiger partial charge in [-0.1, -0.05) is 23.5 Å². The number of piperidine rings is 1. The standard InChI is InChI=1S/C23H27N3O2S/c1-4-28-18-10-11-20-21(13-18)29-23(25-20)26-12-6-8-17(14-26)22(27)24-19-9-5-7-15(2)16(19)3/h5,7,9-11,13,17H,4,6,8,12,14H2,1-3H3,(H,24,27)/t17-/m0/s1. The lowest BCUT2D eigenvalue weighted by atomic mass is 9.97. The molecule has 0 saturated carbocycles. The van der Waals surface area contributed by atoms with Crippen molar-refractivity contribution in [2.45, 2.75) is 33.6 Å². The molecule has 1 fully saturated rings. The van der Waals surface area contributed by atoms with Crippen molar-refractivity contribution in [3.05, 3.63) is 47.5 Å². The summed E-state index contributed by atoms with van der Waals surface area (Å²) < 4.78 is 6.72. The molecule has 2 heterocycles. The van der Waals surface area contributed by atoms with E-state index in [2.05, 4.69) is 36.2 Å². The zero-order valence-electron chi connectivity index (χ0n) is 17.2. The van der Waals surface area contributed by atoms with Crippen LogP contribution in [0.4, 0.5) is 10.8 Å². The Kier molecular flexibility index (Phi) is 5.72. The van der Waals surface area contributed by atoms with Crippen molar-refractivity contribution in [2.24, 2.45) is 5.92 Å². The van der Waals surface area contributed by atoms with Gasteiger partial charge in [0.25, 0.3) is 0 Å². The van der Waals surface area contributed by atoms with Gasteiger partial charge in [-0.3, -0.25) is 4.79 Å². The maximum Gasteiger partial charge on any atom is 0.229 e. The minimum atomic E-state index is -0.0327. The molecule has 4 rings (SSSR count). The van der Waals surface area contributed by atoms with Crippen LogP contribution in [0.2, 0.25) is 0 Å². The fourth-order valence-electron chi connectivity index (χ4n) is 3.77. The van der Waals surface area contributed by atoms with Crippen LogP contribution in [0.3, 0.4) is 0 Å². The smallest absolute Gasteiger partial charge is 0.229 e. The third-order valence-corrected chi connectivity index (χ3v) is 6.66. The number of ether oxygens (including phenoxy) is 1. The van der Waals surface area contributed by atoms with E-state index < -0.39 is 0 Å². The second kappa shape index (κ2) is 8.41. The number of amides is 1. The molecule has 0 spiro atoms. The van der Waals surface area contributed by atoms with Crippen LogP contribution >= 0.6 is 11.3 Å². The van der Waals surface area contributed by atoms with Crippen molar-refractivity contribution < 1.29 is 9.53 Å². The summed E-state index contributed by atoms with van der Waals surface area (Å²) in [5.41, 5.74) is 4.21. The third kappa shape index (κ3) is 4.22. The van der Waals surface area contributed by atoms with Crippen LogP contribution in [0, 0.1) is 19.8 Å². The van der Waals surface area contributed by atoms with E-state index in [1.54, 1.807) is 11.3 Å². The monoisotopic (exact) mass is 409 g/mol. The maximum atomic E-state index is 12.9. The number of carbonyl (C=O) groups excluding carboxylic acids is 1. The normalized spacial score (nSPS) is 16.8. The number of aryl methyl sites for hydroxylation is 1. The molecule has 2 aromatic carbocycles. The molecule has 1 aromatic heterocycles. The highest BCUT2D eigenvalue weighted by Crippen LogP contribution is 2.34. The Hall–Kier alpha value is -2.60. The van der Waals surface area contributed by atoms with Crippen molar-refractivity contribution in [1.29, 1.82) is 0 Å². The Morgan fingerprint density at radius 2 is 2.17 bits per heavy atom. The Morgan fingerprint density at radius 1 is 1.31 bits per heavy atom. The summed E-state index contributed by atoms with van der Waals surface area (Å²) in [5, 5.41) is 4.13. The second-order valence-electron chi connectivity index (χ2n) is 7.58. The van der Waals surface area contributed by atoms with Crippen LogP contribution in [-0.2, 0) is 4.79 Å². The maximum absolute atomic E-state index is 12.9. The first-order chi connectivity index (χ1) is 14.0. The number of anilines is 2. The molecule has 0 aliphatic carbocycles. The molecule has 1 N–H and O–H groups in total. The first-order valence-corrected chi connectivity index (χ1v) is 11.0. The highest BCUT2D eigenvalue weighted by atomic mass is 32.1. The second-order valence-corrected chi connectivity index (χ2v) is 8.59. The van der Waals surface area contributed by atoms with Gasteiger partial charge in [0.15, 0.2) is 5.13 Å². The van der Waals surface area contributed by atoms with E-state index in [1.807, 2.05) is 31.2 Å². The van der Waals surface area contributed by atoms with Gasteiger partial charge >= 0.3 is 0 Å². The quantitative estimate of drug-likeness (QED) is 0.632. The van der Waals surface area contributed by atoms with E-state index in [0.717, 1.165) is 51.7 Å². The SMILES string of the molecule is CCOc1ccc2nc(N3CCC[C@H](C(=O)Nc4cccc(C)c4C)C3)sc2c1. The molecule has 0 unspecified atom stereocenters. The molecule has 1 aliphatic rings. The first-order valence-electron chi connectivity index (χ1n) is 10.2. The van der Waals surface area contributed by atoms with Gasteiger partial charge in [0.1, 0.15) is 5.75 Å². The van der Waals surface area contributed by atoms with Crippen molar-refractivity contribution in [2.75, 3.05) is 29.9 Å². The number of fused-ring (bicyclic) bond motifs is 1. The minimum Gasteiger partial charge on any atom is -0.494 e. The lowest BCUT2D eigenvalue weighted by Crippen LogP contribution is -2.40. The topological polar surface area (TPSA) is 54.5 Å². The zero-order valence-corrected chi connectivity index (χ0v) is 18.0. The fraction of sp³-hybridized carbons (Fsp3) is 0.391. The van der Waals surface area contributed by atoms with Crippen LogP contribution in [0.5, 0.6) is 5.75 Å². The molecule has 6 heteroatoms. The largest absolute Gasteiger partial charge is 0.494 e. The molecule has 3 aromatic rings. The Balaban J connectivity index is 1.48. The summed E-state index contributed by atoms with van der Waals surface area (Å²) in [4.78, 5) is 20.0. The van der Waals surface area contributed by atoms with Crippen LogP contribution in [0.25, 0.3) is 10.2 Å². The Bertz CT molecular complexity index is 1030. The average molecular weight is 410 g/mol. The van der Waals surface area contributed by atoms with Crippen molar-refractivity contribution in [3.8, 4) is 5.75 Å². The van der Waals surface area contributed by atoms with Crippen LogP contribution < -0.4 is 15.0 Å². The summed E-state index contributed by atoms with van der Waals surface area (Å²) in [5.74, 6) is 0.942. The first kappa shape index (κ1) is 19.7. The summed E-state index contributed by atoms with van der Waals surface area (Å²) >= 11 is 1.67. The van der Waals surface area contributed by atoms with Crippen molar-refractivity contribution in [3.63, 3.8) is 0 Å². The molecular weight excluding hydrogens is 382 g/mol. The van der Waals surface area contributed by atoms with E-state index >= 15 is 0 Å². The molecule has 1 atom stereocenters. The van der Waals surface area contributed by atoms with Gasteiger partial charge in [0.05, 0.1) is 22.7 Å². The molecule has 29 heavy (non-hydrogen) atoms. The van der Waals surface area contributed by atoms with E-state index in [1.165, 1.54) is 5.56 Å². The number of thiazole rings is 1. The summed E-state index contributed by atoms with van der Waals surface area (Å²) in [6.45, 7) is 8.40. The van der Waals surface area contributed by atoms with Gasteiger partial charge in [-0.15, -0.1) is 0 Å². The predicted molar refractivity (Wildman–Crippen MR) is 120 cm³/mol. The average Bonchev–Trinajstić information content (AvgIpc) is 3.15. The zero-order chi connectivity index (χ0) is 20.4. The number of nitrogens with one attached hydrogen (secondary N) is 1. The number of benzene rings is 2. The van der Waals surface area contributed by atoms with Crippen molar-refractivity contribution in [1.82, 2.24) is 4.98 Å². The fourth-order valence-corrected chi connectivity index (χ4v) is 4.80. The highest BCUT2D eigenvalue weighted by Gasteiger charge is 2.28. The Morgan fingerprint density at radius 3 is 3.00 bits per heavy atom. The van der Waals surface area contributed by atoms with Crippen LogP contribution in [-0.4, -0.2) is 30.6 Å². The molecule has 1 aliphatic heterocycles. The summed E-state index contributed by atoms with van der Waals surface area (Å²) in [6.07, 6.45) is 1.90. The van der Waals surface area contributed by atoms with Gasteiger partial charge in [0, 0.05) is 18.8 Å². The minimum absolute atomic E-state index is 0.0327. The van der Waals surface area contributed by atoms with Crippen LogP contribution in [0.15, 0.2) is 36.4 Å². The molecule has 152 valence electrons. The highest BCUT2D eigenvalue weighted by molar-refractivity contribution is 7.22. The van der Waals surface area contributed by atoms with E-state index in [0.29, 0.717) is 13.2 Å². The molecule has 0 radical (unpaired) electrons. The molecule has 1 amide bonds. The molecule has 1 saturated heterocycles. The number of aromatic nitrogens is 1. The van der Waals surface area contributed by atoms with Crippen LogP contribution in [0.1, 0.15) is 30.9 Å². The van der Waals surface area contributed by atoms with Gasteiger partial charge in [-0.25, -0.2) is 4.98 Å². The van der Waals surface area contributed by atoms with E-state index in [4.69, 9.17) is 9.72 Å². The van der Waals surface area contributed by atoms with E-state index in [9.17, 15) is 4.79 Å². The number of hydrogen-bond donors (Lipinski definition) is 1. The summed E-state index contributed by atoms with van der Waals surface area (Å²) in [7, 11) is 0. The molecule has 0 bridgehead atoms. The van der Waals surface area contributed by atoms with Gasteiger partial charge < -0.3 is 15.0 Å². The van der Waals surface area contributed by atoms with E-state index in [-0.39, 0.29) is 11.8 Å². The summed E-state index contributed by atoms with van der Waals surface area (Å²) in [6, 6.07) is 12.1. The lowest BCUT2D eigenvalue weighted by Gasteiger charge is -2.31. The number of hydrogen-bond acceptors (Lipinski definition) is 5. The third-order valence-electron chi connectivity index (χ3n) is 5.58. The molecule has 5 nitrogen and oxygen atoms in total. The lowest BCUT2D eigenvalue weighted by molar-refractivity contribution is -0.120. The number of carbonyl (C=O) groups is 1. The number of nitrogens with zero attached hydrogens (tertiary/aromatic N) is 2. The van der Waals surface area contributed by atoms with Gasteiger partial charge in [-0.05, 0) is 69.0 Å². The number of rotatable bonds is 5. The molecular formula is C23H27N3O2S. The van der Waals surface area contributed by atoms with Gasteiger partial charge in [0.2, 0.25) is 5.91 Å². The van der Waals surface area contributed by atoms with Gasteiger partial charge in [-0.2, -0.15) is 0 Å².